The lowest BCUT2D eigenvalue weighted by Crippen LogP contribution is -2.39. The Hall–Kier alpha value is -3.13. The Morgan fingerprint density at radius 3 is 2.49 bits per heavy atom. The molecule has 3 rings (SSSR count). The van der Waals surface area contributed by atoms with Gasteiger partial charge >= 0.3 is 0 Å². The van der Waals surface area contributed by atoms with Gasteiger partial charge in [-0.3, -0.25) is 19.0 Å². The number of likely N-dealkylation sites (N-methyl/N-ethyl adjacent to an activating group) is 1. The van der Waals surface area contributed by atoms with Crippen LogP contribution in [0.1, 0.15) is 39.7 Å². The Balaban J connectivity index is 1.74. The van der Waals surface area contributed by atoms with Crippen LogP contribution in [0, 0.1) is 5.92 Å². The van der Waals surface area contributed by atoms with Crippen LogP contribution in [0.25, 0.3) is 10.9 Å². The Labute approximate surface area is 210 Å². The van der Waals surface area contributed by atoms with Crippen LogP contribution in [0.3, 0.4) is 0 Å². The summed E-state index contributed by atoms with van der Waals surface area (Å²) in [5, 5.41) is 3.47. The number of carbonyl (C=O) groups excluding carboxylic acids is 2. The van der Waals surface area contributed by atoms with Gasteiger partial charge in [0.1, 0.15) is 0 Å². The van der Waals surface area contributed by atoms with Gasteiger partial charge in [0.05, 0.1) is 22.7 Å². The number of anilines is 1. The Morgan fingerprint density at radius 2 is 1.77 bits per heavy atom. The lowest BCUT2D eigenvalue weighted by molar-refractivity contribution is -0.132. The Morgan fingerprint density at radius 1 is 1.09 bits per heavy atom. The first-order valence-electron chi connectivity index (χ1n) is 12.0. The van der Waals surface area contributed by atoms with Crippen LogP contribution in [-0.2, 0) is 22.6 Å². The van der Waals surface area contributed by atoms with E-state index in [4.69, 9.17) is 4.98 Å². The lowest BCUT2D eigenvalue weighted by atomic mass is 10.1. The van der Waals surface area contributed by atoms with E-state index in [9.17, 15) is 14.4 Å². The van der Waals surface area contributed by atoms with Gasteiger partial charge in [0.2, 0.25) is 11.8 Å². The van der Waals surface area contributed by atoms with Crippen molar-refractivity contribution in [2.45, 2.75) is 57.5 Å². The molecule has 1 N–H and O–H groups in total. The first-order valence-corrected chi connectivity index (χ1v) is 12.9. The van der Waals surface area contributed by atoms with E-state index >= 15 is 0 Å². The van der Waals surface area contributed by atoms with Gasteiger partial charge in [-0.25, -0.2) is 4.98 Å². The average Bonchev–Trinajstić information content (AvgIpc) is 2.83. The van der Waals surface area contributed by atoms with Crippen LogP contribution in [0.4, 0.5) is 5.69 Å². The normalized spacial score (nSPS) is 12.1. The summed E-state index contributed by atoms with van der Waals surface area (Å²) in [6, 6.07) is 14.9. The molecule has 0 saturated carbocycles. The number of aryl methyl sites for hydroxylation is 1. The van der Waals surface area contributed by atoms with Gasteiger partial charge in [-0.1, -0.05) is 62.9 Å². The first kappa shape index (κ1) is 26.5. The zero-order chi connectivity index (χ0) is 25.5. The molecular weight excluding hydrogens is 460 g/mol. The zero-order valence-corrected chi connectivity index (χ0v) is 21.9. The Bertz CT molecular complexity index is 1250. The van der Waals surface area contributed by atoms with Crippen molar-refractivity contribution in [1.82, 2.24) is 14.5 Å². The SMILES string of the molecule is CCc1ccccc1NC(=O)CN(C)C(=O)C(C)Sc1nc2ccccc2c(=O)n1CCC(C)C. The van der Waals surface area contributed by atoms with Crippen LogP contribution in [0.15, 0.2) is 58.5 Å². The second-order valence-corrected chi connectivity index (χ2v) is 10.4. The summed E-state index contributed by atoms with van der Waals surface area (Å²) >= 11 is 1.25. The summed E-state index contributed by atoms with van der Waals surface area (Å²) in [5.41, 5.74) is 2.32. The highest BCUT2D eigenvalue weighted by Gasteiger charge is 2.23. The molecule has 0 aliphatic rings. The predicted molar refractivity (Wildman–Crippen MR) is 143 cm³/mol. The molecule has 1 unspecified atom stereocenters. The number of thioether (sulfide) groups is 1. The molecule has 0 aliphatic heterocycles. The summed E-state index contributed by atoms with van der Waals surface area (Å²) in [6.07, 6.45) is 1.63. The van der Waals surface area contributed by atoms with E-state index in [1.165, 1.54) is 16.7 Å². The fourth-order valence-corrected chi connectivity index (χ4v) is 4.82. The van der Waals surface area contributed by atoms with E-state index in [0.29, 0.717) is 28.5 Å². The number of para-hydroxylation sites is 2. The van der Waals surface area contributed by atoms with Crippen LogP contribution in [-0.4, -0.2) is 45.1 Å². The molecule has 1 aromatic heterocycles. The largest absolute Gasteiger partial charge is 0.335 e. The molecule has 1 heterocycles. The third-order valence-corrected chi connectivity index (χ3v) is 6.89. The minimum atomic E-state index is -0.519. The lowest BCUT2D eigenvalue weighted by Gasteiger charge is -2.22. The molecule has 0 radical (unpaired) electrons. The second kappa shape index (κ2) is 12.0. The molecule has 3 aromatic rings. The summed E-state index contributed by atoms with van der Waals surface area (Å²) in [4.78, 5) is 45.0. The maximum atomic E-state index is 13.2. The second-order valence-electron chi connectivity index (χ2n) is 9.06. The quantitative estimate of drug-likeness (QED) is 0.329. The van der Waals surface area contributed by atoms with Gasteiger partial charge in [-0.05, 0) is 49.4 Å². The van der Waals surface area contributed by atoms with E-state index in [-0.39, 0.29) is 23.9 Å². The van der Waals surface area contributed by atoms with Crippen molar-refractivity contribution in [3.05, 3.63) is 64.4 Å². The number of nitrogens with one attached hydrogen (secondary N) is 1. The van der Waals surface area contributed by atoms with Gasteiger partial charge in [0.15, 0.2) is 5.16 Å². The number of nitrogens with zero attached hydrogens (tertiary/aromatic N) is 3. The number of hydrogen-bond acceptors (Lipinski definition) is 5. The fraction of sp³-hybridized carbons (Fsp3) is 0.407. The van der Waals surface area contributed by atoms with Gasteiger partial charge in [-0.15, -0.1) is 0 Å². The summed E-state index contributed by atoms with van der Waals surface area (Å²) in [7, 11) is 1.62. The van der Waals surface area contributed by atoms with Crippen LogP contribution >= 0.6 is 11.8 Å². The topological polar surface area (TPSA) is 84.3 Å². The van der Waals surface area contributed by atoms with Crippen LogP contribution < -0.4 is 10.9 Å². The number of carbonyl (C=O) groups is 2. The number of fused-ring (bicyclic) bond motifs is 1. The van der Waals surface area contributed by atoms with E-state index in [2.05, 4.69) is 19.2 Å². The number of amides is 2. The summed E-state index contributed by atoms with van der Waals surface area (Å²) in [6.45, 7) is 8.50. The number of benzene rings is 2. The molecule has 0 aliphatic carbocycles. The molecule has 2 aromatic carbocycles. The van der Waals surface area contributed by atoms with Gasteiger partial charge in [-0.2, -0.15) is 0 Å². The van der Waals surface area contributed by atoms with Gasteiger partial charge < -0.3 is 10.2 Å². The van der Waals surface area contributed by atoms with E-state index in [0.717, 1.165) is 24.1 Å². The third kappa shape index (κ3) is 6.72. The molecule has 186 valence electrons. The molecule has 2 amide bonds. The highest BCUT2D eigenvalue weighted by molar-refractivity contribution is 8.00. The number of rotatable bonds is 10. The molecule has 8 heteroatoms. The van der Waals surface area contributed by atoms with E-state index in [1.807, 2.05) is 49.4 Å². The molecule has 0 saturated heterocycles. The van der Waals surface area contributed by atoms with Crippen molar-refractivity contribution in [1.29, 1.82) is 0 Å². The van der Waals surface area contributed by atoms with Crippen LogP contribution in [0.2, 0.25) is 0 Å². The van der Waals surface area contributed by atoms with Crippen molar-refractivity contribution < 1.29 is 9.59 Å². The molecular formula is C27H34N4O3S. The molecule has 1 atom stereocenters. The first-order chi connectivity index (χ1) is 16.7. The van der Waals surface area contributed by atoms with Gasteiger partial charge in [0.25, 0.3) is 5.56 Å². The summed E-state index contributed by atoms with van der Waals surface area (Å²) < 4.78 is 1.67. The minimum absolute atomic E-state index is 0.0624. The van der Waals surface area contributed by atoms with Crippen molar-refractivity contribution >= 4 is 40.2 Å². The van der Waals surface area contributed by atoms with Crippen molar-refractivity contribution in [3.8, 4) is 0 Å². The highest BCUT2D eigenvalue weighted by atomic mass is 32.2. The third-order valence-electron chi connectivity index (χ3n) is 5.82. The van der Waals surface area contributed by atoms with E-state index in [1.54, 1.807) is 24.6 Å². The zero-order valence-electron chi connectivity index (χ0n) is 21.1. The molecule has 0 bridgehead atoms. The molecule has 0 fully saturated rings. The highest BCUT2D eigenvalue weighted by Crippen LogP contribution is 2.24. The van der Waals surface area contributed by atoms with E-state index < -0.39 is 5.25 Å². The summed E-state index contributed by atoms with van der Waals surface area (Å²) in [5.74, 6) is -0.0314. The minimum Gasteiger partial charge on any atom is -0.335 e. The maximum absolute atomic E-state index is 13.2. The van der Waals surface area contributed by atoms with Crippen molar-refractivity contribution in [2.24, 2.45) is 5.92 Å². The molecule has 35 heavy (non-hydrogen) atoms. The monoisotopic (exact) mass is 494 g/mol. The number of hydrogen-bond donors (Lipinski definition) is 1. The van der Waals surface area contributed by atoms with Crippen molar-refractivity contribution in [3.63, 3.8) is 0 Å². The average molecular weight is 495 g/mol. The maximum Gasteiger partial charge on any atom is 0.262 e. The standard InChI is InChI=1S/C27H34N4O3S/c1-6-20-11-7-9-13-22(20)28-24(32)17-30(5)25(33)19(4)35-27-29-23-14-10-8-12-21(23)26(34)31(27)16-15-18(2)3/h7-14,18-19H,6,15-17H2,1-5H3,(H,28,32). The fourth-order valence-electron chi connectivity index (χ4n) is 3.77. The molecule has 7 nitrogen and oxygen atoms in total. The number of aromatic nitrogens is 2. The molecule has 0 spiro atoms. The smallest absolute Gasteiger partial charge is 0.262 e. The van der Waals surface area contributed by atoms with Crippen molar-refractivity contribution in [2.75, 3.05) is 18.9 Å². The Kier molecular flexibility index (Phi) is 9.09. The predicted octanol–water partition coefficient (Wildman–Crippen LogP) is 4.58. The van der Waals surface area contributed by atoms with Crippen LogP contribution in [0.5, 0.6) is 0 Å². The van der Waals surface area contributed by atoms with Gasteiger partial charge in [0, 0.05) is 19.3 Å².